The van der Waals surface area contributed by atoms with Crippen molar-refractivity contribution in [2.45, 2.75) is 33.1 Å². The molecule has 0 aliphatic heterocycles. The standard InChI is InChI=1S/C14H17N3S/c1-9-11(10-5-7-15-8-6-10)16-13(14(2,3)4)17-12(9)18/h5-8H,1-4H3,(H,16,17,18). The number of nitrogens with zero attached hydrogens (tertiary/aromatic N) is 2. The molecular formula is C14H17N3S. The molecule has 18 heavy (non-hydrogen) atoms. The van der Waals surface area contributed by atoms with Crippen LogP contribution in [0.25, 0.3) is 11.3 Å². The molecule has 0 aliphatic carbocycles. The summed E-state index contributed by atoms with van der Waals surface area (Å²) in [4.78, 5) is 11.9. The number of nitrogens with one attached hydrogen (secondary N) is 1. The van der Waals surface area contributed by atoms with Crippen molar-refractivity contribution in [3.05, 3.63) is 40.6 Å². The zero-order chi connectivity index (χ0) is 13.3. The number of hydrogen-bond donors (Lipinski definition) is 1. The SMILES string of the molecule is Cc1c(-c2ccncc2)[nH]c(C(C)(C)C)nc1=S. The Morgan fingerprint density at radius 1 is 1.17 bits per heavy atom. The van der Waals surface area contributed by atoms with Crippen LogP contribution in [0.5, 0.6) is 0 Å². The van der Waals surface area contributed by atoms with Gasteiger partial charge in [0, 0.05) is 28.9 Å². The van der Waals surface area contributed by atoms with Gasteiger partial charge in [-0.05, 0) is 19.1 Å². The van der Waals surface area contributed by atoms with E-state index in [-0.39, 0.29) is 5.41 Å². The highest BCUT2D eigenvalue weighted by Gasteiger charge is 2.18. The van der Waals surface area contributed by atoms with Crippen LogP contribution in [-0.4, -0.2) is 15.0 Å². The van der Waals surface area contributed by atoms with Gasteiger partial charge in [-0.1, -0.05) is 33.0 Å². The summed E-state index contributed by atoms with van der Waals surface area (Å²) in [6.45, 7) is 8.35. The first-order valence-corrected chi connectivity index (χ1v) is 6.32. The predicted molar refractivity (Wildman–Crippen MR) is 76.1 cm³/mol. The molecule has 2 aromatic rings. The maximum absolute atomic E-state index is 5.35. The summed E-state index contributed by atoms with van der Waals surface area (Å²) < 4.78 is 0.658. The van der Waals surface area contributed by atoms with E-state index >= 15 is 0 Å². The van der Waals surface area contributed by atoms with E-state index in [0.717, 1.165) is 22.6 Å². The second kappa shape index (κ2) is 4.61. The van der Waals surface area contributed by atoms with Gasteiger partial charge >= 0.3 is 0 Å². The summed E-state index contributed by atoms with van der Waals surface area (Å²) in [6.07, 6.45) is 3.56. The molecular weight excluding hydrogens is 242 g/mol. The minimum Gasteiger partial charge on any atom is -0.342 e. The Hall–Kier alpha value is -1.55. The molecule has 2 aromatic heterocycles. The Morgan fingerprint density at radius 2 is 1.78 bits per heavy atom. The third kappa shape index (κ3) is 2.48. The molecule has 0 radical (unpaired) electrons. The van der Waals surface area contributed by atoms with E-state index in [2.05, 4.69) is 35.7 Å². The van der Waals surface area contributed by atoms with Crippen molar-refractivity contribution in [2.24, 2.45) is 0 Å². The molecule has 94 valence electrons. The molecule has 0 spiro atoms. The van der Waals surface area contributed by atoms with E-state index in [1.165, 1.54) is 0 Å². The largest absolute Gasteiger partial charge is 0.342 e. The van der Waals surface area contributed by atoms with Gasteiger partial charge in [-0.3, -0.25) is 4.98 Å². The van der Waals surface area contributed by atoms with Gasteiger partial charge in [-0.15, -0.1) is 0 Å². The smallest absolute Gasteiger partial charge is 0.133 e. The lowest BCUT2D eigenvalue weighted by Crippen LogP contribution is -2.17. The van der Waals surface area contributed by atoms with Crippen LogP contribution in [0.2, 0.25) is 0 Å². The van der Waals surface area contributed by atoms with Gasteiger partial charge < -0.3 is 4.98 Å². The molecule has 2 rings (SSSR count). The van der Waals surface area contributed by atoms with Crippen molar-refractivity contribution in [3.63, 3.8) is 0 Å². The fraction of sp³-hybridized carbons (Fsp3) is 0.357. The molecule has 0 saturated carbocycles. The van der Waals surface area contributed by atoms with Gasteiger partial charge in [-0.25, -0.2) is 4.98 Å². The normalized spacial score (nSPS) is 11.6. The molecule has 0 saturated heterocycles. The predicted octanol–water partition coefficient (Wildman–Crippen LogP) is 3.81. The molecule has 0 aliphatic rings. The highest BCUT2D eigenvalue weighted by atomic mass is 32.1. The highest BCUT2D eigenvalue weighted by molar-refractivity contribution is 7.71. The molecule has 0 aromatic carbocycles. The van der Waals surface area contributed by atoms with E-state index in [9.17, 15) is 0 Å². The molecule has 2 heterocycles. The van der Waals surface area contributed by atoms with Crippen molar-refractivity contribution < 1.29 is 0 Å². The van der Waals surface area contributed by atoms with E-state index in [1.807, 2.05) is 19.1 Å². The van der Waals surface area contributed by atoms with Crippen molar-refractivity contribution >= 4 is 12.2 Å². The van der Waals surface area contributed by atoms with Crippen LogP contribution in [0, 0.1) is 11.6 Å². The summed E-state index contributed by atoms with van der Waals surface area (Å²) >= 11 is 5.35. The maximum atomic E-state index is 5.35. The number of aromatic nitrogens is 3. The average Bonchev–Trinajstić information content (AvgIpc) is 2.32. The maximum Gasteiger partial charge on any atom is 0.133 e. The van der Waals surface area contributed by atoms with E-state index in [1.54, 1.807) is 12.4 Å². The third-order valence-corrected chi connectivity index (χ3v) is 3.23. The van der Waals surface area contributed by atoms with Crippen LogP contribution >= 0.6 is 12.2 Å². The molecule has 0 unspecified atom stereocenters. The van der Waals surface area contributed by atoms with Crippen LogP contribution in [0.4, 0.5) is 0 Å². The van der Waals surface area contributed by atoms with Crippen LogP contribution in [-0.2, 0) is 5.41 Å². The van der Waals surface area contributed by atoms with E-state index in [4.69, 9.17) is 12.2 Å². The van der Waals surface area contributed by atoms with Gasteiger partial charge in [0.15, 0.2) is 0 Å². The van der Waals surface area contributed by atoms with Gasteiger partial charge in [0.2, 0.25) is 0 Å². The fourth-order valence-electron chi connectivity index (χ4n) is 1.69. The number of hydrogen-bond acceptors (Lipinski definition) is 3. The van der Waals surface area contributed by atoms with Gasteiger partial charge in [0.05, 0.1) is 5.69 Å². The zero-order valence-corrected chi connectivity index (χ0v) is 11.9. The lowest BCUT2D eigenvalue weighted by atomic mass is 9.95. The first kappa shape index (κ1) is 12.9. The quantitative estimate of drug-likeness (QED) is 0.792. The number of aromatic amines is 1. The summed E-state index contributed by atoms with van der Waals surface area (Å²) in [6, 6.07) is 3.94. The molecule has 0 atom stereocenters. The molecule has 0 amide bonds. The second-order valence-electron chi connectivity index (χ2n) is 5.38. The van der Waals surface area contributed by atoms with E-state index in [0.29, 0.717) is 4.64 Å². The monoisotopic (exact) mass is 259 g/mol. The van der Waals surface area contributed by atoms with Crippen LogP contribution < -0.4 is 0 Å². The van der Waals surface area contributed by atoms with Gasteiger partial charge in [0.1, 0.15) is 10.5 Å². The Balaban J connectivity index is 2.68. The average molecular weight is 259 g/mol. The first-order valence-electron chi connectivity index (χ1n) is 5.91. The summed E-state index contributed by atoms with van der Waals surface area (Å²) in [5, 5.41) is 0. The Morgan fingerprint density at radius 3 is 2.33 bits per heavy atom. The van der Waals surface area contributed by atoms with Crippen LogP contribution in [0.1, 0.15) is 32.2 Å². The number of rotatable bonds is 1. The van der Waals surface area contributed by atoms with Crippen molar-refractivity contribution in [2.75, 3.05) is 0 Å². The second-order valence-corrected chi connectivity index (χ2v) is 5.76. The van der Waals surface area contributed by atoms with Crippen molar-refractivity contribution in [1.29, 1.82) is 0 Å². The molecule has 0 fully saturated rings. The number of pyridine rings is 1. The number of H-pyrrole nitrogens is 1. The zero-order valence-electron chi connectivity index (χ0n) is 11.1. The van der Waals surface area contributed by atoms with E-state index < -0.39 is 0 Å². The summed E-state index contributed by atoms with van der Waals surface area (Å²) in [5.41, 5.74) is 3.07. The molecule has 3 nitrogen and oxygen atoms in total. The third-order valence-electron chi connectivity index (χ3n) is 2.83. The topological polar surface area (TPSA) is 41.6 Å². The Labute approximate surface area is 112 Å². The van der Waals surface area contributed by atoms with Crippen LogP contribution in [0.15, 0.2) is 24.5 Å². The lowest BCUT2D eigenvalue weighted by molar-refractivity contribution is 0.544. The molecule has 1 N–H and O–H groups in total. The van der Waals surface area contributed by atoms with Crippen molar-refractivity contribution in [1.82, 2.24) is 15.0 Å². The Kier molecular flexibility index (Phi) is 3.30. The highest BCUT2D eigenvalue weighted by Crippen LogP contribution is 2.25. The van der Waals surface area contributed by atoms with Gasteiger partial charge in [0.25, 0.3) is 0 Å². The molecule has 0 bridgehead atoms. The Bertz CT molecular complexity index is 609. The minimum atomic E-state index is -0.0525. The lowest BCUT2D eigenvalue weighted by Gasteiger charge is -2.19. The first-order chi connectivity index (χ1) is 8.39. The van der Waals surface area contributed by atoms with Crippen molar-refractivity contribution in [3.8, 4) is 11.3 Å². The fourth-order valence-corrected chi connectivity index (χ4v) is 1.89. The summed E-state index contributed by atoms with van der Waals surface area (Å²) in [7, 11) is 0. The van der Waals surface area contributed by atoms with Crippen LogP contribution in [0.3, 0.4) is 0 Å². The van der Waals surface area contributed by atoms with Gasteiger partial charge in [-0.2, -0.15) is 0 Å². The summed E-state index contributed by atoms with van der Waals surface area (Å²) in [5.74, 6) is 0.907. The minimum absolute atomic E-state index is 0.0525. The molecule has 4 heteroatoms.